The predicted molar refractivity (Wildman–Crippen MR) is 112 cm³/mol. The molecule has 2 rings (SSSR count). The van der Waals surface area contributed by atoms with Gasteiger partial charge in [-0.2, -0.15) is 0 Å². The Morgan fingerprint density at radius 3 is 1.96 bits per heavy atom. The number of rotatable bonds is 10. The van der Waals surface area contributed by atoms with Crippen LogP contribution in [0.2, 0.25) is 0 Å². The summed E-state index contributed by atoms with van der Waals surface area (Å²) in [5.74, 6) is -1.02. The molecule has 0 spiro atoms. The molecule has 4 nitrogen and oxygen atoms in total. The van der Waals surface area contributed by atoms with Gasteiger partial charge in [0.05, 0.1) is 5.92 Å². The van der Waals surface area contributed by atoms with Crippen molar-refractivity contribution in [1.29, 1.82) is 0 Å². The fraction of sp³-hybridized carbons (Fsp3) is 0.417. The first kappa shape index (κ1) is 23.4. The first-order valence-electron chi connectivity index (χ1n) is 10.0. The van der Waals surface area contributed by atoms with Crippen molar-refractivity contribution in [1.82, 2.24) is 0 Å². The molecule has 1 atom stereocenters. The van der Waals surface area contributed by atoms with Crippen LogP contribution in [0.5, 0.6) is 0 Å². The van der Waals surface area contributed by atoms with Crippen molar-refractivity contribution in [2.24, 2.45) is 5.92 Å². The number of carboxylic acids is 1. The van der Waals surface area contributed by atoms with E-state index in [1.165, 1.54) is 0 Å². The number of hydrogen-bond donors (Lipinski definition) is 1. The van der Waals surface area contributed by atoms with Crippen LogP contribution in [-0.2, 0) is 27.4 Å². The van der Waals surface area contributed by atoms with Gasteiger partial charge in [0.2, 0.25) is 0 Å². The van der Waals surface area contributed by atoms with Crippen molar-refractivity contribution in [2.45, 2.75) is 59.0 Å². The molecule has 0 aliphatic carbocycles. The van der Waals surface area contributed by atoms with Crippen molar-refractivity contribution in [3.8, 4) is 0 Å². The van der Waals surface area contributed by atoms with Crippen LogP contribution < -0.4 is 0 Å². The molecule has 0 amide bonds. The standard InChI is InChI=1S/2C12H16O2/c1-2-6-11(12(13)14)9-10-7-4-3-5-8-10;1-2-3-9-12(13)14-10-11-7-5-4-6-8-11/h3-5,7-8,11H,2,6,9H2,1H3,(H,13,14);4-8H,2-3,9-10H2,1H3. The maximum Gasteiger partial charge on any atom is 0.306 e. The molecule has 28 heavy (non-hydrogen) atoms. The highest BCUT2D eigenvalue weighted by atomic mass is 16.5. The van der Waals surface area contributed by atoms with E-state index in [1.54, 1.807) is 0 Å². The largest absolute Gasteiger partial charge is 0.481 e. The predicted octanol–water partition coefficient (Wildman–Crippen LogP) is 5.65. The summed E-state index contributed by atoms with van der Waals surface area (Å²) in [6.07, 6.45) is 4.79. The highest BCUT2D eigenvalue weighted by molar-refractivity contribution is 5.70. The van der Waals surface area contributed by atoms with Crippen LogP contribution in [-0.4, -0.2) is 17.0 Å². The Morgan fingerprint density at radius 2 is 1.46 bits per heavy atom. The lowest BCUT2D eigenvalue weighted by molar-refractivity contribution is -0.145. The summed E-state index contributed by atoms with van der Waals surface area (Å²) in [7, 11) is 0. The maximum absolute atomic E-state index is 11.2. The van der Waals surface area contributed by atoms with Crippen LogP contribution in [0, 0.1) is 5.92 Å². The summed E-state index contributed by atoms with van der Waals surface area (Å²) in [5.41, 5.74) is 2.14. The number of ether oxygens (including phenoxy) is 1. The molecule has 0 bridgehead atoms. The third-order valence-corrected chi connectivity index (χ3v) is 4.29. The molecule has 0 heterocycles. The van der Waals surface area contributed by atoms with Crippen LogP contribution in [0.25, 0.3) is 0 Å². The average Bonchev–Trinajstić information content (AvgIpc) is 2.72. The lowest BCUT2D eigenvalue weighted by Crippen LogP contribution is -2.16. The zero-order chi connectivity index (χ0) is 20.6. The number of benzene rings is 2. The minimum Gasteiger partial charge on any atom is -0.481 e. The van der Waals surface area contributed by atoms with Crippen LogP contribution in [0.3, 0.4) is 0 Å². The summed E-state index contributed by atoms with van der Waals surface area (Å²) in [4.78, 5) is 22.0. The Labute approximate surface area is 168 Å². The van der Waals surface area contributed by atoms with Gasteiger partial charge in [-0.15, -0.1) is 0 Å². The van der Waals surface area contributed by atoms with E-state index in [9.17, 15) is 9.59 Å². The van der Waals surface area contributed by atoms with Gasteiger partial charge in [-0.05, 0) is 30.4 Å². The van der Waals surface area contributed by atoms with E-state index >= 15 is 0 Å². The fourth-order valence-electron chi connectivity index (χ4n) is 2.69. The second-order valence-corrected chi connectivity index (χ2v) is 6.76. The summed E-state index contributed by atoms with van der Waals surface area (Å²) in [5, 5.41) is 8.97. The molecule has 0 aliphatic rings. The molecule has 0 saturated carbocycles. The molecule has 2 aromatic rings. The van der Waals surface area contributed by atoms with Crippen molar-refractivity contribution in [3.63, 3.8) is 0 Å². The van der Waals surface area contributed by atoms with Crippen LogP contribution >= 0.6 is 0 Å². The SMILES string of the molecule is CCCC(Cc1ccccc1)C(=O)O.CCCCC(=O)OCc1ccccc1. The molecule has 0 fully saturated rings. The molecule has 0 aliphatic heterocycles. The number of aliphatic carboxylic acids is 1. The van der Waals surface area contributed by atoms with Gasteiger partial charge in [0.25, 0.3) is 0 Å². The quantitative estimate of drug-likeness (QED) is 0.538. The normalized spacial score (nSPS) is 11.1. The monoisotopic (exact) mass is 384 g/mol. The zero-order valence-electron chi connectivity index (χ0n) is 17.0. The van der Waals surface area contributed by atoms with E-state index in [0.717, 1.165) is 36.8 Å². The van der Waals surface area contributed by atoms with Crippen molar-refractivity contribution in [3.05, 3.63) is 71.8 Å². The number of hydrogen-bond acceptors (Lipinski definition) is 3. The van der Waals surface area contributed by atoms with Gasteiger partial charge in [0, 0.05) is 6.42 Å². The van der Waals surface area contributed by atoms with Gasteiger partial charge in [-0.1, -0.05) is 87.4 Å². The lowest BCUT2D eigenvalue weighted by atomic mass is 9.95. The van der Waals surface area contributed by atoms with Gasteiger partial charge in [0.15, 0.2) is 0 Å². The highest BCUT2D eigenvalue weighted by Crippen LogP contribution is 2.14. The van der Waals surface area contributed by atoms with Gasteiger partial charge in [-0.25, -0.2) is 0 Å². The van der Waals surface area contributed by atoms with Gasteiger partial charge in [-0.3, -0.25) is 9.59 Å². The average molecular weight is 385 g/mol. The Bertz CT molecular complexity index is 666. The molecule has 4 heteroatoms. The molecule has 0 aromatic heterocycles. The van der Waals surface area contributed by atoms with Gasteiger partial charge >= 0.3 is 11.9 Å². The Balaban J connectivity index is 0.000000280. The van der Waals surface area contributed by atoms with Crippen molar-refractivity contribution < 1.29 is 19.4 Å². The first-order valence-corrected chi connectivity index (χ1v) is 10.0. The van der Waals surface area contributed by atoms with Crippen molar-refractivity contribution >= 4 is 11.9 Å². The third kappa shape index (κ3) is 10.5. The van der Waals surface area contributed by atoms with Gasteiger partial charge in [0.1, 0.15) is 6.61 Å². The van der Waals surface area contributed by atoms with Crippen LogP contribution in [0.4, 0.5) is 0 Å². The molecule has 1 unspecified atom stereocenters. The second-order valence-electron chi connectivity index (χ2n) is 6.76. The van der Waals surface area contributed by atoms with Crippen molar-refractivity contribution in [2.75, 3.05) is 0 Å². The third-order valence-electron chi connectivity index (χ3n) is 4.29. The maximum atomic E-state index is 11.2. The molecule has 1 N–H and O–H groups in total. The first-order chi connectivity index (χ1) is 13.6. The zero-order valence-corrected chi connectivity index (χ0v) is 17.0. The summed E-state index contributed by atoms with van der Waals surface area (Å²) < 4.78 is 5.09. The minimum absolute atomic E-state index is 0.101. The summed E-state index contributed by atoms with van der Waals surface area (Å²) in [6.45, 7) is 4.47. The molecule has 2 aromatic carbocycles. The molecular formula is C24H32O4. The number of carbonyl (C=O) groups is 2. The highest BCUT2D eigenvalue weighted by Gasteiger charge is 2.16. The van der Waals surface area contributed by atoms with E-state index in [-0.39, 0.29) is 11.9 Å². The smallest absolute Gasteiger partial charge is 0.306 e. The van der Waals surface area contributed by atoms with E-state index in [2.05, 4.69) is 6.92 Å². The molecular weight excluding hydrogens is 352 g/mol. The fourth-order valence-corrected chi connectivity index (χ4v) is 2.69. The molecule has 152 valence electrons. The number of esters is 1. The minimum atomic E-state index is -0.685. The Morgan fingerprint density at radius 1 is 0.893 bits per heavy atom. The summed E-state index contributed by atoms with van der Waals surface area (Å²) in [6, 6.07) is 19.5. The van der Waals surface area contributed by atoms with E-state index < -0.39 is 5.97 Å². The number of carboxylic acid groups (broad SMARTS) is 1. The van der Waals surface area contributed by atoms with E-state index in [0.29, 0.717) is 19.4 Å². The Kier molecular flexibility index (Phi) is 12.1. The van der Waals surface area contributed by atoms with Gasteiger partial charge < -0.3 is 9.84 Å². The summed E-state index contributed by atoms with van der Waals surface area (Å²) >= 11 is 0. The molecule has 0 saturated heterocycles. The van der Waals surface area contributed by atoms with E-state index in [1.807, 2.05) is 67.6 Å². The van der Waals surface area contributed by atoms with Crippen LogP contribution in [0.15, 0.2) is 60.7 Å². The number of unbranched alkanes of at least 4 members (excludes halogenated alkanes) is 1. The second kappa shape index (κ2) is 14.4. The topological polar surface area (TPSA) is 63.6 Å². The number of carbonyl (C=O) groups excluding carboxylic acids is 1. The van der Waals surface area contributed by atoms with E-state index in [4.69, 9.17) is 9.84 Å². The molecule has 0 radical (unpaired) electrons. The van der Waals surface area contributed by atoms with Crippen LogP contribution in [0.1, 0.15) is 57.1 Å². The lowest BCUT2D eigenvalue weighted by Gasteiger charge is -2.10. The Hall–Kier alpha value is -2.62.